The molecule has 1 heterocycles. The Morgan fingerprint density at radius 1 is 1.50 bits per heavy atom. The molecule has 0 spiro atoms. The fourth-order valence-electron chi connectivity index (χ4n) is 1.29. The normalized spacial score (nSPS) is 13.8. The van der Waals surface area contributed by atoms with Crippen LogP contribution in [0.5, 0.6) is 0 Å². The Hall–Kier alpha value is -1.66. The number of allylic oxidation sites excluding steroid dienone is 2. The van der Waals surface area contributed by atoms with Crippen molar-refractivity contribution in [2.75, 3.05) is 0 Å². The summed E-state index contributed by atoms with van der Waals surface area (Å²) in [7, 11) is 0. The van der Waals surface area contributed by atoms with Gasteiger partial charge in [0, 0.05) is 18.2 Å². The molecule has 0 fully saturated rings. The van der Waals surface area contributed by atoms with Crippen LogP contribution in [0.2, 0.25) is 0 Å². The van der Waals surface area contributed by atoms with E-state index in [4.69, 9.17) is 0 Å². The van der Waals surface area contributed by atoms with Gasteiger partial charge in [-0.3, -0.25) is 4.98 Å². The van der Waals surface area contributed by atoms with Crippen LogP contribution >= 0.6 is 0 Å². The second-order valence-corrected chi connectivity index (χ2v) is 2.63. The van der Waals surface area contributed by atoms with E-state index in [1.807, 2.05) is 30.2 Å². The molecule has 2 rings (SSSR count). The minimum atomic E-state index is 0.646. The van der Waals surface area contributed by atoms with Gasteiger partial charge in [-0.05, 0) is 6.07 Å². The largest absolute Gasteiger partial charge is 0.255 e. The molecule has 0 aliphatic heterocycles. The van der Waals surface area contributed by atoms with Gasteiger partial charge < -0.3 is 0 Å². The lowest BCUT2D eigenvalue weighted by Gasteiger charge is -2.08. The minimum Gasteiger partial charge on any atom is -0.255 e. The summed E-state index contributed by atoms with van der Waals surface area (Å²) in [5.74, 6) is 1.91. The van der Waals surface area contributed by atoms with E-state index in [2.05, 4.69) is 4.98 Å². The van der Waals surface area contributed by atoms with E-state index >= 15 is 0 Å². The molecule has 1 aromatic rings. The van der Waals surface area contributed by atoms with Crippen LogP contribution in [0, 0.1) is 0 Å². The molecular weight excluding hydrogens is 150 g/mol. The van der Waals surface area contributed by atoms with E-state index in [9.17, 15) is 4.79 Å². The molecular formula is C10H7NO. The highest BCUT2D eigenvalue weighted by Crippen LogP contribution is 2.23. The van der Waals surface area contributed by atoms with E-state index in [0.717, 1.165) is 11.3 Å². The van der Waals surface area contributed by atoms with Gasteiger partial charge in [0.2, 0.25) is 0 Å². The first-order valence-corrected chi connectivity index (χ1v) is 3.78. The van der Waals surface area contributed by atoms with Crippen molar-refractivity contribution in [3.63, 3.8) is 0 Å². The van der Waals surface area contributed by atoms with Crippen LogP contribution in [0.3, 0.4) is 0 Å². The third kappa shape index (κ3) is 0.987. The molecule has 2 nitrogen and oxygen atoms in total. The summed E-state index contributed by atoms with van der Waals surface area (Å²) in [4.78, 5) is 14.6. The maximum Gasteiger partial charge on any atom is 0.130 e. The molecule has 0 saturated carbocycles. The van der Waals surface area contributed by atoms with Gasteiger partial charge in [-0.1, -0.05) is 18.2 Å². The Morgan fingerprint density at radius 3 is 3.25 bits per heavy atom. The van der Waals surface area contributed by atoms with Gasteiger partial charge in [-0.25, -0.2) is 4.79 Å². The van der Waals surface area contributed by atoms with Gasteiger partial charge in [0.05, 0.1) is 11.3 Å². The predicted octanol–water partition coefficient (Wildman–Crippen LogP) is 1.71. The summed E-state index contributed by atoms with van der Waals surface area (Å²) in [5.41, 5.74) is 2.42. The number of rotatable bonds is 0. The van der Waals surface area contributed by atoms with E-state index in [-0.39, 0.29) is 0 Å². The minimum absolute atomic E-state index is 0.646. The average molecular weight is 157 g/mol. The van der Waals surface area contributed by atoms with Crippen LogP contribution in [-0.4, -0.2) is 10.9 Å². The summed E-state index contributed by atoms with van der Waals surface area (Å²) in [6.45, 7) is 0. The Balaban J connectivity index is 2.68. The summed E-state index contributed by atoms with van der Waals surface area (Å²) in [6, 6.07) is 3.80. The summed E-state index contributed by atoms with van der Waals surface area (Å²) < 4.78 is 0. The van der Waals surface area contributed by atoms with Crippen LogP contribution in [0.4, 0.5) is 0 Å². The van der Waals surface area contributed by atoms with Crippen molar-refractivity contribution >= 4 is 17.6 Å². The monoisotopic (exact) mass is 157 g/mol. The van der Waals surface area contributed by atoms with Gasteiger partial charge in [-0.2, -0.15) is 0 Å². The van der Waals surface area contributed by atoms with Gasteiger partial charge in [-0.15, -0.1) is 0 Å². The zero-order valence-electron chi connectivity index (χ0n) is 6.45. The van der Waals surface area contributed by atoms with Crippen LogP contribution in [0.15, 0.2) is 24.4 Å². The molecule has 1 aromatic heterocycles. The highest BCUT2D eigenvalue weighted by Gasteiger charge is 2.10. The molecule has 0 N–H and O–H groups in total. The lowest BCUT2D eigenvalue weighted by Crippen LogP contribution is -1.96. The zero-order chi connectivity index (χ0) is 8.39. The lowest BCUT2D eigenvalue weighted by atomic mass is 9.99. The quantitative estimate of drug-likeness (QED) is 0.536. The fourth-order valence-corrected chi connectivity index (χ4v) is 1.29. The van der Waals surface area contributed by atoms with E-state index in [1.54, 1.807) is 6.20 Å². The number of pyridine rings is 1. The van der Waals surface area contributed by atoms with Crippen molar-refractivity contribution in [3.8, 4) is 0 Å². The zero-order valence-corrected chi connectivity index (χ0v) is 6.45. The van der Waals surface area contributed by atoms with Crippen LogP contribution in [-0.2, 0) is 4.79 Å². The van der Waals surface area contributed by atoms with Gasteiger partial charge in [0.25, 0.3) is 0 Å². The molecule has 0 aromatic carbocycles. The highest BCUT2D eigenvalue weighted by molar-refractivity contribution is 5.91. The van der Waals surface area contributed by atoms with Gasteiger partial charge >= 0.3 is 0 Å². The first-order chi connectivity index (χ1) is 5.92. The number of aromatic nitrogens is 1. The van der Waals surface area contributed by atoms with Crippen molar-refractivity contribution < 1.29 is 4.79 Å². The molecule has 0 bridgehead atoms. The first kappa shape index (κ1) is 7.01. The number of hydrogen-bond acceptors (Lipinski definition) is 2. The second-order valence-electron chi connectivity index (χ2n) is 2.63. The molecule has 0 amide bonds. The van der Waals surface area contributed by atoms with Crippen LogP contribution in [0.1, 0.15) is 17.7 Å². The third-order valence-electron chi connectivity index (χ3n) is 1.87. The molecule has 0 saturated heterocycles. The molecule has 1 aliphatic rings. The van der Waals surface area contributed by atoms with Crippen molar-refractivity contribution in [1.82, 2.24) is 4.98 Å². The maximum atomic E-state index is 10.5. The average Bonchev–Trinajstić information content (AvgIpc) is 2.17. The Morgan fingerprint density at radius 2 is 2.42 bits per heavy atom. The molecule has 0 unspecified atom stereocenters. The van der Waals surface area contributed by atoms with Crippen molar-refractivity contribution in [2.24, 2.45) is 0 Å². The summed E-state index contributed by atoms with van der Waals surface area (Å²) in [5, 5.41) is 0. The smallest absolute Gasteiger partial charge is 0.130 e. The SMILES string of the molecule is O=C=C1CC=Cc2cccnc21. The third-order valence-corrected chi connectivity index (χ3v) is 1.87. The van der Waals surface area contributed by atoms with E-state index < -0.39 is 0 Å². The topological polar surface area (TPSA) is 30.0 Å². The van der Waals surface area contributed by atoms with Crippen molar-refractivity contribution in [2.45, 2.75) is 6.42 Å². The molecule has 1 aliphatic carbocycles. The van der Waals surface area contributed by atoms with Crippen LogP contribution < -0.4 is 0 Å². The van der Waals surface area contributed by atoms with E-state index in [0.29, 0.717) is 12.0 Å². The van der Waals surface area contributed by atoms with Gasteiger partial charge in [0.1, 0.15) is 5.94 Å². The number of hydrogen-bond donors (Lipinski definition) is 0. The molecule has 2 heteroatoms. The molecule has 0 atom stereocenters. The van der Waals surface area contributed by atoms with E-state index in [1.165, 1.54) is 0 Å². The summed E-state index contributed by atoms with van der Waals surface area (Å²) >= 11 is 0. The standard InChI is InChI=1S/C10H7NO/c12-7-9-4-1-3-8-5-2-6-11-10(8)9/h1-3,5-6H,4H2. The molecule has 58 valence electrons. The second kappa shape index (κ2) is 2.76. The predicted molar refractivity (Wildman–Crippen MR) is 47.0 cm³/mol. The Kier molecular flexibility index (Phi) is 1.61. The Labute approximate surface area is 70.3 Å². The maximum absolute atomic E-state index is 10.5. The van der Waals surface area contributed by atoms with Crippen molar-refractivity contribution in [1.29, 1.82) is 0 Å². The number of nitrogens with zero attached hydrogens (tertiary/aromatic N) is 1. The first-order valence-electron chi connectivity index (χ1n) is 3.78. The highest BCUT2D eigenvalue weighted by atomic mass is 16.1. The summed E-state index contributed by atoms with van der Waals surface area (Å²) in [6.07, 6.45) is 6.26. The molecule has 0 radical (unpaired) electrons. The Bertz CT molecular complexity index is 387. The fraction of sp³-hybridized carbons (Fsp3) is 0.100. The number of carbonyl (C=O) groups excluding carboxylic acids is 1. The van der Waals surface area contributed by atoms with Crippen LogP contribution in [0.25, 0.3) is 11.6 Å². The lowest BCUT2D eigenvalue weighted by molar-refractivity contribution is 0.569. The number of fused-ring (bicyclic) bond motifs is 1. The molecule has 12 heavy (non-hydrogen) atoms. The van der Waals surface area contributed by atoms with Crippen molar-refractivity contribution in [3.05, 3.63) is 35.7 Å². The van der Waals surface area contributed by atoms with Gasteiger partial charge in [0.15, 0.2) is 0 Å².